The number of nitrogens with one attached hydrogen (secondary N) is 1. The highest BCUT2D eigenvalue weighted by Gasteiger charge is 2.15. The lowest BCUT2D eigenvalue weighted by Gasteiger charge is -2.15. The molecule has 2 aromatic heterocycles. The van der Waals surface area contributed by atoms with Gasteiger partial charge in [0.1, 0.15) is 17.7 Å². The minimum absolute atomic E-state index is 0.141. The lowest BCUT2D eigenvalue weighted by Crippen LogP contribution is -2.02. The van der Waals surface area contributed by atoms with Crippen LogP contribution >= 0.6 is 0 Å². The summed E-state index contributed by atoms with van der Waals surface area (Å²) in [5.41, 5.74) is 8.92. The number of hydrogen-bond donors (Lipinski definition) is 2. The molecule has 0 aliphatic heterocycles. The Morgan fingerprint density at radius 1 is 0.931 bits per heavy atom. The van der Waals surface area contributed by atoms with E-state index >= 15 is 0 Å². The number of aromatic nitrogens is 2. The Balaban J connectivity index is 1.74. The van der Waals surface area contributed by atoms with Crippen molar-refractivity contribution >= 4 is 28.4 Å². The van der Waals surface area contributed by atoms with Crippen molar-refractivity contribution in [2.24, 2.45) is 0 Å². The molecule has 148 valence electrons. The van der Waals surface area contributed by atoms with Crippen LogP contribution in [0.2, 0.25) is 0 Å². The maximum absolute atomic E-state index is 5.96. The van der Waals surface area contributed by atoms with E-state index in [1.54, 1.807) is 45.8 Å². The van der Waals surface area contributed by atoms with Gasteiger partial charge in [0.05, 0.1) is 27.0 Å². The number of para-hydroxylation sites is 1. The van der Waals surface area contributed by atoms with Crippen LogP contribution in [0.15, 0.2) is 53.1 Å². The fourth-order valence-electron chi connectivity index (χ4n) is 3.15. The summed E-state index contributed by atoms with van der Waals surface area (Å²) in [6.07, 6.45) is 1.66. The molecule has 0 aliphatic carbocycles. The molecular formula is C21H20N4O4. The number of furan rings is 1. The number of benzene rings is 2. The zero-order valence-electron chi connectivity index (χ0n) is 16.2. The summed E-state index contributed by atoms with van der Waals surface area (Å²) in [4.78, 5) is 8.64. The van der Waals surface area contributed by atoms with Gasteiger partial charge in [0, 0.05) is 34.8 Å². The number of methoxy groups -OCH3 is 3. The van der Waals surface area contributed by atoms with E-state index in [0.29, 0.717) is 34.4 Å². The van der Waals surface area contributed by atoms with Crippen molar-refractivity contribution in [3.05, 3.63) is 48.7 Å². The van der Waals surface area contributed by atoms with Crippen LogP contribution in [-0.2, 0) is 0 Å². The highest BCUT2D eigenvalue weighted by Crippen LogP contribution is 2.40. The maximum atomic E-state index is 5.96. The number of rotatable bonds is 6. The number of fused-ring (bicyclic) bond motifs is 1. The maximum Gasteiger partial charge on any atom is 0.222 e. The normalized spacial score (nSPS) is 10.7. The third-order valence-electron chi connectivity index (χ3n) is 4.44. The fourth-order valence-corrected chi connectivity index (χ4v) is 3.15. The standard InChI is InChI=1S/C21H20N4O4/c1-26-17-8-12(9-18(27-2)20(17)28-3)23-19-10-15(24-21(22)25-19)14-11-29-16-7-5-4-6-13(14)16/h4-11H,1-3H3,(H3,22,23,24,25). The van der Waals surface area contributed by atoms with E-state index in [1.165, 1.54) is 0 Å². The molecule has 0 fully saturated rings. The Morgan fingerprint density at radius 3 is 2.34 bits per heavy atom. The molecule has 0 spiro atoms. The van der Waals surface area contributed by atoms with Gasteiger partial charge in [0.15, 0.2) is 11.5 Å². The molecule has 0 radical (unpaired) electrons. The summed E-state index contributed by atoms with van der Waals surface area (Å²) < 4.78 is 21.8. The van der Waals surface area contributed by atoms with Crippen LogP contribution in [0.4, 0.5) is 17.5 Å². The molecule has 29 heavy (non-hydrogen) atoms. The molecule has 0 saturated heterocycles. The van der Waals surface area contributed by atoms with Crippen molar-refractivity contribution < 1.29 is 18.6 Å². The third kappa shape index (κ3) is 3.47. The molecule has 0 atom stereocenters. The smallest absolute Gasteiger partial charge is 0.222 e. The SMILES string of the molecule is COc1cc(Nc2cc(-c3coc4ccccc34)nc(N)n2)cc(OC)c1OC. The van der Waals surface area contributed by atoms with Gasteiger partial charge in [-0.15, -0.1) is 0 Å². The zero-order valence-corrected chi connectivity index (χ0v) is 16.2. The summed E-state index contributed by atoms with van der Waals surface area (Å²) >= 11 is 0. The van der Waals surface area contributed by atoms with E-state index in [-0.39, 0.29) is 5.95 Å². The molecule has 4 rings (SSSR count). The highest BCUT2D eigenvalue weighted by molar-refractivity contribution is 5.93. The number of nitrogens with two attached hydrogens (primary N) is 1. The monoisotopic (exact) mass is 392 g/mol. The van der Waals surface area contributed by atoms with Gasteiger partial charge in [0.25, 0.3) is 0 Å². The molecule has 0 amide bonds. The van der Waals surface area contributed by atoms with Crippen molar-refractivity contribution in [2.75, 3.05) is 32.4 Å². The summed E-state index contributed by atoms with van der Waals surface area (Å²) in [5, 5.41) is 4.17. The van der Waals surface area contributed by atoms with Crippen LogP contribution in [0.3, 0.4) is 0 Å². The van der Waals surface area contributed by atoms with Gasteiger partial charge >= 0.3 is 0 Å². The summed E-state index contributed by atoms with van der Waals surface area (Å²) in [6.45, 7) is 0. The molecule has 0 aliphatic rings. The summed E-state index contributed by atoms with van der Waals surface area (Å²) in [7, 11) is 4.68. The largest absolute Gasteiger partial charge is 0.493 e. The molecule has 8 nitrogen and oxygen atoms in total. The Morgan fingerprint density at radius 2 is 1.66 bits per heavy atom. The van der Waals surface area contributed by atoms with E-state index in [2.05, 4.69) is 15.3 Å². The number of hydrogen-bond acceptors (Lipinski definition) is 8. The van der Waals surface area contributed by atoms with Crippen molar-refractivity contribution in [3.63, 3.8) is 0 Å². The van der Waals surface area contributed by atoms with Crippen LogP contribution < -0.4 is 25.3 Å². The predicted molar refractivity (Wildman–Crippen MR) is 111 cm³/mol. The Kier molecular flexibility index (Phi) is 4.82. The van der Waals surface area contributed by atoms with Gasteiger partial charge in [-0.3, -0.25) is 0 Å². The molecule has 0 bridgehead atoms. The lowest BCUT2D eigenvalue weighted by atomic mass is 10.1. The molecule has 3 N–H and O–H groups in total. The molecule has 0 saturated carbocycles. The van der Waals surface area contributed by atoms with Crippen molar-refractivity contribution in [1.29, 1.82) is 0 Å². The van der Waals surface area contributed by atoms with Gasteiger partial charge < -0.3 is 29.7 Å². The van der Waals surface area contributed by atoms with Gasteiger partial charge in [-0.25, -0.2) is 4.98 Å². The average Bonchev–Trinajstić information content (AvgIpc) is 3.16. The van der Waals surface area contributed by atoms with E-state index in [0.717, 1.165) is 16.5 Å². The van der Waals surface area contributed by atoms with E-state index in [9.17, 15) is 0 Å². The van der Waals surface area contributed by atoms with Gasteiger partial charge in [-0.2, -0.15) is 4.98 Å². The molecule has 0 unspecified atom stereocenters. The van der Waals surface area contributed by atoms with Crippen LogP contribution in [0.25, 0.3) is 22.2 Å². The Labute approximate surface area is 167 Å². The minimum atomic E-state index is 0.141. The Hall–Kier alpha value is -3.94. The first-order valence-electron chi connectivity index (χ1n) is 8.81. The van der Waals surface area contributed by atoms with Gasteiger partial charge in [0.2, 0.25) is 11.7 Å². The van der Waals surface area contributed by atoms with E-state index < -0.39 is 0 Å². The number of nitrogen functional groups attached to an aromatic ring is 1. The van der Waals surface area contributed by atoms with Crippen molar-refractivity contribution in [2.45, 2.75) is 0 Å². The van der Waals surface area contributed by atoms with Crippen LogP contribution in [0.5, 0.6) is 17.2 Å². The summed E-state index contributed by atoms with van der Waals surface area (Å²) in [6, 6.07) is 13.1. The second-order valence-corrected chi connectivity index (χ2v) is 6.18. The summed E-state index contributed by atoms with van der Waals surface area (Å²) in [5.74, 6) is 2.22. The van der Waals surface area contributed by atoms with Crippen LogP contribution in [-0.4, -0.2) is 31.3 Å². The third-order valence-corrected chi connectivity index (χ3v) is 4.44. The number of ether oxygens (including phenoxy) is 3. The Bertz CT molecular complexity index is 1150. The topological polar surface area (TPSA) is 105 Å². The molecular weight excluding hydrogens is 372 g/mol. The second-order valence-electron chi connectivity index (χ2n) is 6.18. The quantitative estimate of drug-likeness (QED) is 0.502. The molecule has 2 aromatic carbocycles. The van der Waals surface area contributed by atoms with Crippen LogP contribution in [0, 0.1) is 0 Å². The fraction of sp³-hybridized carbons (Fsp3) is 0.143. The van der Waals surface area contributed by atoms with Crippen molar-refractivity contribution in [1.82, 2.24) is 9.97 Å². The lowest BCUT2D eigenvalue weighted by molar-refractivity contribution is 0.324. The van der Waals surface area contributed by atoms with E-state index in [4.69, 9.17) is 24.4 Å². The predicted octanol–water partition coefficient (Wildman–Crippen LogP) is 4.24. The van der Waals surface area contributed by atoms with Gasteiger partial charge in [-0.05, 0) is 6.07 Å². The second kappa shape index (κ2) is 7.59. The number of anilines is 3. The zero-order chi connectivity index (χ0) is 20.4. The first-order valence-corrected chi connectivity index (χ1v) is 8.81. The van der Waals surface area contributed by atoms with Crippen molar-refractivity contribution in [3.8, 4) is 28.5 Å². The molecule has 4 aromatic rings. The first kappa shape index (κ1) is 18.4. The average molecular weight is 392 g/mol. The van der Waals surface area contributed by atoms with Crippen LogP contribution in [0.1, 0.15) is 0 Å². The molecule has 2 heterocycles. The van der Waals surface area contributed by atoms with E-state index in [1.807, 2.05) is 24.3 Å². The molecule has 8 heteroatoms. The highest BCUT2D eigenvalue weighted by atomic mass is 16.5. The minimum Gasteiger partial charge on any atom is -0.493 e. The van der Waals surface area contributed by atoms with Gasteiger partial charge in [-0.1, -0.05) is 18.2 Å². The number of nitrogens with zero attached hydrogens (tertiary/aromatic N) is 2. The first-order chi connectivity index (χ1) is 14.1.